The fraction of sp³-hybridized carbons (Fsp3) is 0.462. The zero-order chi connectivity index (χ0) is 14.3. The Morgan fingerprint density at radius 3 is 2.58 bits per heavy atom. The highest BCUT2D eigenvalue weighted by Gasteiger charge is 2.09. The van der Waals surface area contributed by atoms with Crippen LogP contribution >= 0.6 is 0 Å². The molecule has 1 rings (SSSR count). The number of nitrogens with zero attached hydrogens (tertiary/aromatic N) is 1. The molecule has 0 aromatic heterocycles. The van der Waals surface area contributed by atoms with Gasteiger partial charge >= 0.3 is 0 Å². The number of aliphatic hydroxyl groups is 1. The number of aliphatic hydroxyl groups excluding tert-OH is 1. The number of halogens is 2. The second-order valence-corrected chi connectivity index (χ2v) is 4.26. The minimum atomic E-state index is -0.605. The molecule has 0 aliphatic carbocycles. The summed E-state index contributed by atoms with van der Waals surface area (Å²) in [4.78, 5) is 13.1. The van der Waals surface area contributed by atoms with E-state index in [-0.39, 0.29) is 37.6 Å². The summed E-state index contributed by atoms with van der Waals surface area (Å²) in [6.45, 7) is 0.684. The number of amides is 1. The average molecular weight is 272 g/mol. The van der Waals surface area contributed by atoms with Gasteiger partial charge in [-0.1, -0.05) is 6.07 Å². The largest absolute Gasteiger partial charge is 0.395 e. The number of likely N-dealkylation sites (N-methyl/N-ethyl adjacent to an activating group) is 1. The molecule has 0 unspecified atom stereocenters. The van der Waals surface area contributed by atoms with Crippen molar-refractivity contribution in [3.63, 3.8) is 0 Å². The van der Waals surface area contributed by atoms with E-state index in [2.05, 4.69) is 5.32 Å². The lowest BCUT2D eigenvalue weighted by Gasteiger charge is -2.14. The molecule has 1 amide bonds. The summed E-state index contributed by atoms with van der Waals surface area (Å²) in [5, 5.41) is 11.3. The second-order valence-electron chi connectivity index (χ2n) is 4.26. The first-order valence-electron chi connectivity index (χ1n) is 6.03. The maximum atomic E-state index is 13.3. The fourth-order valence-corrected chi connectivity index (χ4v) is 1.65. The van der Waals surface area contributed by atoms with Crippen molar-refractivity contribution in [3.05, 3.63) is 35.4 Å². The topological polar surface area (TPSA) is 52.6 Å². The lowest BCUT2D eigenvalue weighted by molar-refractivity contribution is -0.122. The number of nitrogens with one attached hydrogen (secondary N) is 1. The quantitative estimate of drug-likeness (QED) is 0.762. The second kappa shape index (κ2) is 7.81. The first kappa shape index (κ1) is 15.5. The SMILES string of the molecule is CN(CCO)CC(=O)NCCc1c(F)cccc1F. The van der Waals surface area contributed by atoms with Crippen molar-refractivity contribution in [2.45, 2.75) is 6.42 Å². The molecule has 0 aliphatic rings. The molecule has 2 N–H and O–H groups in total. The number of benzene rings is 1. The fourth-order valence-electron chi connectivity index (χ4n) is 1.65. The van der Waals surface area contributed by atoms with E-state index in [1.165, 1.54) is 18.2 Å². The first-order chi connectivity index (χ1) is 9.04. The third-order valence-corrected chi connectivity index (χ3v) is 2.65. The van der Waals surface area contributed by atoms with Crippen LogP contribution in [-0.4, -0.2) is 49.2 Å². The molecule has 4 nitrogen and oxygen atoms in total. The van der Waals surface area contributed by atoms with Crippen molar-refractivity contribution in [3.8, 4) is 0 Å². The molecule has 0 bridgehead atoms. The normalized spacial score (nSPS) is 10.8. The van der Waals surface area contributed by atoms with Gasteiger partial charge in [0.05, 0.1) is 13.2 Å². The van der Waals surface area contributed by atoms with Gasteiger partial charge in [-0.15, -0.1) is 0 Å². The number of hydrogen-bond donors (Lipinski definition) is 2. The van der Waals surface area contributed by atoms with Gasteiger partial charge in [-0.3, -0.25) is 9.69 Å². The number of hydrogen-bond acceptors (Lipinski definition) is 3. The number of carbonyl (C=O) groups excluding carboxylic acids is 1. The van der Waals surface area contributed by atoms with Crippen molar-refractivity contribution >= 4 is 5.91 Å². The Hall–Kier alpha value is -1.53. The van der Waals surface area contributed by atoms with Gasteiger partial charge in [0, 0.05) is 18.7 Å². The van der Waals surface area contributed by atoms with Crippen LogP contribution in [0.2, 0.25) is 0 Å². The van der Waals surface area contributed by atoms with Crippen LogP contribution in [0.3, 0.4) is 0 Å². The molecule has 106 valence electrons. The van der Waals surface area contributed by atoms with Crippen molar-refractivity contribution in [1.29, 1.82) is 0 Å². The Labute approximate surface area is 111 Å². The molecule has 0 aliphatic heterocycles. The first-order valence-corrected chi connectivity index (χ1v) is 6.03. The zero-order valence-corrected chi connectivity index (χ0v) is 10.8. The van der Waals surface area contributed by atoms with Crippen molar-refractivity contribution < 1.29 is 18.7 Å². The molecule has 0 spiro atoms. The van der Waals surface area contributed by atoms with E-state index < -0.39 is 11.6 Å². The molecule has 1 aromatic carbocycles. The Morgan fingerprint density at radius 2 is 2.00 bits per heavy atom. The smallest absolute Gasteiger partial charge is 0.234 e. The van der Waals surface area contributed by atoms with E-state index in [1.54, 1.807) is 11.9 Å². The maximum absolute atomic E-state index is 13.3. The van der Waals surface area contributed by atoms with E-state index in [0.717, 1.165) is 0 Å². The maximum Gasteiger partial charge on any atom is 0.234 e. The predicted octanol–water partition coefficient (Wildman–Crippen LogP) is 0.548. The standard InChI is InChI=1S/C13H18F2N2O2/c1-17(7-8-18)9-13(19)16-6-5-10-11(14)3-2-4-12(10)15/h2-4,18H,5-9H2,1H3,(H,16,19). The molecule has 0 fully saturated rings. The van der Waals surface area contributed by atoms with Gasteiger partial charge in [0.25, 0.3) is 0 Å². The molecular weight excluding hydrogens is 254 g/mol. The van der Waals surface area contributed by atoms with Gasteiger partial charge in [0.15, 0.2) is 0 Å². The molecule has 19 heavy (non-hydrogen) atoms. The minimum absolute atomic E-state index is 0.0217. The lowest BCUT2D eigenvalue weighted by atomic mass is 10.1. The highest BCUT2D eigenvalue weighted by molar-refractivity contribution is 5.77. The third-order valence-electron chi connectivity index (χ3n) is 2.65. The van der Waals surface area contributed by atoms with Gasteiger partial charge in [0.2, 0.25) is 5.91 Å². The summed E-state index contributed by atoms with van der Waals surface area (Å²) >= 11 is 0. The predicted molar refractivity (Wildman–Crippen MR) is 67.7 cm³/mol. The van der Waals surface area contributed by atoms with Crippen molar-refractivity contribution in [2.24, 2.45) is 0 Å². The molecule has 0 saturated carbocycles. The van der Waals surface area contributed by atoms with Crippen molar-refractivity contribution in [1.82, 2.24) is 10.2 Å². The van der Waals surface area contributed by atoms with Gasteiger partial charge < -0.3 is 10.4 Å². The lowest BCUT2D eigenvalue weighted by Crippen LogP contribution is -2.37. The van der Waals surface area contributed by atoms with E-state index in [4.69, 9.17) is 5.11 Å². The van der Waals surface area contributed by atoms with E-state index in [1.807, 2.05) is 0 Å². The Balaban J connectivity index is 2.36. The van der Waals surface area contributed by atoms with Gasteiger partial charge in [0.1, 0.15) is 11.6 Å². The van der Waals surface area contributed by atoms with Crippen LogP contribution in [0.4, 0.5) is 8.78 Å². The summed E-state index contributed by atoms with van der Waals surface area (Å²) in [7, 11) is 1.70. The highest BCUT2D eigenvalue weighted by Crippen LogP contribution is 2.11. The molecular formula is C13H18F2N2O2. The summed E-state index contributed by atoms with van der Waals surface area (Å²) in [5.41, 5.74) is -0.0217. The van der Waals surface area contributed by atoms with Crippen LogP contribution in [0, 0.1) is 11.6 Å². The highest BCUT2D eigenvalue weighted by atomic mass is 19.1. The van der Waals surface area contributed by atoms with Crippen LogP contribution in [0.25, 0.3) is 0 Å². The summed E-state index contributed by atoms with van der Waals surface area (Å²) in [5.74, 6) is -1.45. The minimum Gasteiger partial charge on any atom is -0.395 e. The molecule has 0 heterocycles. The van der Waals surface area contributed by atoms with E-state index >= 15 is 0 Å². The van der Waals surface area contributed by atoms with Gasteiger partial charge in [-0.2, -0.15) is 0 Å². The molecule has 0 radical (unpaired) electrons. The molecule has 6 heteroatoms. The molecule has 1 aromatic rings. The van der Waals surface area contributed by atoms with Crippen LogP contribution in [0.5, 0.6) is 0 Å². The van der Waals surface area contributed by atoms with Gasteiger partial charge in [-0.05, 0) is 25.6 Å². The van der Waals surface area contributed by atoms with Crippen LogP contribution in [-0.2, 0) is 11.2 Å². The van der Waals surface area contributed by atoms with Crippen LogP contribution in [0.1, 0.15) is 5.56 Å². The van der Waals surface area contributed by atoms with Crippen LogP contribution < -0.4 is 5.32 Å². The van der Waals surface area contributed by atoms with Crippen LogP contribution in [0.15, 0.2) is 18.2 Å². The average Bonchev–Trinajstić information content (AvgIpc) is 2.33. The van der Waals surface area contributed by atoms with Crippen molar-refractivity contribution in [2.75, 3.05) is 33.3 Å². The Kier molecular flexibility index (Phi) is 6.38. The Morgan fingerprint density at radius 1 is 1.37 bits per heavy atom. The summed E-state index contributed by atoms with van der Waals surface area (Å²) < 4.78 is 26.6. The number of rotatable bonds is 7. The monoisotopic (exact) mass is 272 g/mol. The molecule has 0 atom stereocenters. The van der Waals surface area contributed by atoms with E-state index in [0.29, 0.717) is 6.54 Å². The van der Waals surface area contributed by atoms with E-state index in [9.17, 15) is 13.6 Å². The summed E-state index contributed by atoms with van der Waals surface area (Å²) in [6.07, 6.45) is 0.105. The number of carbonyl (C=O) groups is 1. The molecule has 0 saturated heterocycles. The summed E-state index contributed by atoms with van der Waals surface area (Å²) in [6, 6.07) is 3.68. The Bertz CT molecular complexity index is 407. The zero-order valence-electron chi connectivity index (χ0n) is 10.8. The third kappa shape index (κ3) is 5.32. The van der Waals surface area contributed by atoms with Gasteiger partial charge in [-0.25, -0.2) is 8.78 Å².